The number of nitrogens with zero attached hydrogens (tertiary/aromatic N) is 3. The molecule has 1 aliphatic heterocycles. The van der Waals surface area contributed by atoms with Gasteiger partial charge in [-0.25, -0.2) is 4.68 Å². The van der Waals surface area contributed by atoms with Crippen molar-refractivity contribution in [2.24, 2.45) is 0 Å². The minimum absolute atomic E-state index is 0.0175. The fraction of sp³-hybridized carbons (Fsp3) is 0.208. The molecule has 0 saturated carbocycles. The quantitative estimate of drug-likeness (QED) is 0.361. The van der Waals surface area contributed by atoms with E-state index in [1.807, 2.05) is 47.2 Å². The molecule has 1 aliphatic rings. The molecule has 4 nitrogen and oxygen atoms in total. The Morgan fingerprint density at radius 2 is 1.83 bits per heavy atom. The number of thioether (sulfide) groups is 1. The van der Waals surface area contributed by atoms with Crippen molar-refractivity contribution < 1.29 is 4.79 Å². The standard InChI is InChI=1S/C24H23N3OS2/c1-3-4-14-26-23(28)22(30-24(26)29)16-20-15-21(18-12-10-17(2)11-13-18)25-27(20)19-8-6-5-7-9-19/h5-13,15-16H,3-4,14H2,1-2H3. The number of para-hydroxylation sites is 1. The number of hydrogen-bond acceptors (Lipinski definition) is 4. The number of hydrogen-bond donors (Lipinski definition) is 0. The van der Waals surface area contributed by atoms with E-state index in [9.17, 15) is 4.79 Å². The molecule has 1 saturated heterocycles. The lowest BCUT2D eigenvalue weighted by Crippen LogP contribution is -2.28. The predicted octanol–water partition coefficient (Wildman–Crippen LogP) is 5.85. The van der Waals surface area contributed by atoms with Gasteiger partial charge in [0, 0.05) is 12.1 Å². The Hall–Kier alpha value is -2.70. The average Bonchev–Trinajstić information content (AvgIpc) is 3.29. The van der Waals surface area contributed by atoms with Gasteiger partial charge >= 0.3 is 0 Å². The molecule has 0 aliphatic carbocycles. The Bertz CT molecular complexity index is 1100. The highest BCUT2D eigenvalue weighted by molar-refractivity contribution is 8.26. The van der Waals surface area contributed by atoms with Crippen LogP contribution < -0.4 is 0 Å². The van der Waals surface area contributed by atoms with Crippen LogP contribution in [-0.2, 0) is 4.79 Å². The van der Waals surface area contributed by atoms with Crippen molar-refractivity contribution in [3.63, 3.8) is 0 Å². The largest absolute Gasteiger partial charge is 0.293 e. The molecule has 0 N–H and O–H groups in total. The molecule has 2 aromatic carbocycles. The molecule has 2 heterocycles. The van der Waals surface area contributed by atoms with E-state index in [-0.39, 0.29) is 5.91 Å². The van der Waals surface area contributed by atoms with Gasteiger partial charge < -0.3 is 0 Å². The Labute approximate surface area is 186 Å². The molecule has 6 heteroatoms. The Balaban J connectivity index is 1.75. The number of amides is 1. The van der Waals surface area contributed by atoms with E-state index in [2.05, 4.69) is 38.1 Å². The maximum absolute atomic E-state index is 12.9. The fourth-order valence-corrected chi connectivity index (χ4v) is 4.58. The zero-order valence-corrected chi connectivity index (χ0v) is 18.7. The summed E-state index contributed by atoms with van der Waals surface area (Å²) in [6, 6.07) is 20.3. The van der Waals surface area contributed by atoms with Gasteiger partial charge in [-0.05, 0) is 37.6 Å². The van der Waals surface area contributed by atoms with E-state index in [0.29, 0.717) is 15.8 Å². The van der Waals surface area contributed by atoms with Crippen LogP contribution in [0.3, 0.4) is 0 Å². The van der Waals surface area contributed by atoms with Gasteiger partial charge in [0.05, 0.1) is 22.0 Å². The summed E-state index contributed by atoms with van der Waals surface area (Å²) in [7, 11) is 0. The van der Waals surface area contributed by atoms with Crippen molar-refractivity contribution in [3.8, 4) is 16.9 Å². The molecule has 0 atom stereocenters. The number of carbonyl (C=O) groups is 1. The van der Waals surface area contributed by atoms with Crippen molar-refractivity contribution in [1.29, 1.82) is 0 Å². The number of aromatic nitrogens is 2. The second-order valence-electron chi connectivity index (χ2n) is 7.25. The van der Waals surface area contributed by atoms with Crippen LogP contribution in [0.5, 0.6) is 0 Å². The summed E-state index contributed by atoms with van der Waals surface area (Å²) in [5.74, 6) is -0.0175. The first-order chi connectivity index (χ1) is 14.6. The second kappa shape index (κ2) is 8.98. The molecule has 4 rings (SSSR count). The number of rotatable bonds is 6. The van der Waals surface area contributed by atoms with Crippen LogP contribution in [0.1, 0.15) is 31.0 Å². The van der Waals surface area contributed by atoms with E-state index >= 15 is 0 Å². The summed E-state index contributed by atoms with van der Waals surface area (Å²) in [4.78, 5) is 15.3. The van der Waals surface area contributed by atoms with Crippen molar-refractivity contribution in [2.75, 3.05) is 6.54 Å². The number of carbonyl (C=O) groups excluding carboxylic acids is 1. The lowest BCUT2D eigenvalue weighted by molar-refractivity contribution is -0.122. The summed E-state index contributed by atoms with van der Waals surface area (Å²) >= 11 is 6.82. The minimum Gasteiger partial charge on any atom is -0.293 e. The fourth-order valence-electron chi connectivity index (χ4n) is 3.28. The minimum atomic E-state index is -0.0175. The maximum atomic E-state index is 12.9. The second-order valence-corrected chi connectivity index (χ2v) is 8.93. The molecule has 0 spiro atoms. The van der Waals surface area contributed by atoms with Crippen LogP contribution in [0.15, 0.2) is 65.6 Å². The van der Waals surface area contributed by atoms with Gasteiger partial charge in [-0.2, -0.15) is 5.10 Å². The zero-order chi connectivity index (χ0) is 21.1. The number of thiocarbonyl (C=S) groups is 1. The normalized spacial score (nSPS) is 15.4. The Kier molecular flexibility index (Phi) is 6.16. The van der Waals surface area contributed by atoms with Gasteiger partial charge in [-0.1, -0.05) is 85.4 Å². The van der Waals surface area contributed by atoms with Crippen LogP contribution in [0.4, 0.5) is 0 Å². The van der Waals surface area contributed by atoms with Crippen LogP contribution in [0.25, 0.3) is 23.0 Å². The third-order valence-electron chi connectivity index (χ3n) is 4.97. The van der Waals surface area contributed by atoms with Crippen molar-refractivity contribution in [1.82, 2.24) is 14.7 Å². The van der Waals surface area contributed by atoms with Crippen molar-refractivity contribution in [2.45, 2.75) is 26.7 Å². The smallest absolute Gasteiger partial charge is 0.266 e. The van der Waals surface area contributed by atoms with Gasteiger partial charge in [0.15, 0.2) is 0 Å². The first-order valence-corrected chi connectivity index (χ1v) is 11.3. The van der Waals surface area contributed by atoms with Crippen LogP contribution in [-0.4, -0.2) is 31.5 Å². The summed E-state index contributed by atoms with van der Waals surface area (Å²) < 4.78 is 2.51. The van der Waals surface area contributed by atoms with E-state index in [1.165, 1.54) is 17.3 Å². The highest BCUT2D eigenvalue weighted by Crippen LogP contribution is 2.34. The van der Waals surface area contributed by atoms with Gasteiger partial charge in [0.2, 0.25) is 0 Å². The zero-order valence-electron chi connectivity index (χ0n) is 17.0. The lowest BCUT2D eigenvalue weighted by Gasteiger charge is -2.13. The molecule has 1 aromatic heterocycles. The third-order valence-corrected chi connectivity index (χ3v) is 6.35. The monoisotopic (exact) mass is 433 g/mol. The molecule has 0 radical (unpaired) electrons. The summed E-state index contributed by atoms with van der Waals surface area (Å²) in [5, 5.41) is 4.84. The predicted molar refractivity (Wildman–Crippen MR) is 129 cm³/mol. The maximum Gasteiger partial charge on any atom is 0.266 e. The number of aryl methyl sites for hydroxylation is 1. The van der Waals surface area contributed by atoms with Gasteiger partial charge in [0.25, 0.3) is 5.91 Å². The Morgan fingerprint density at radius 1 is 1.10 bits per heavy atom. The SMILES string of the molecule is CCCCN1C(=O)C(=Cc2cc(-c3ccc(C)cc3)nn2-c2ccccc2)SC1=S. The molecular weight excluding hydrogens is 410 g/mol. The molecule has 30 heavy (non-hydrogen) atoms. The van der Waals surface area contributed by atoms with Crippen molar-refractivity contribution in [3.05, 3.63) is 76.8 Å². The molecule has 3 aromatic rings. The van der Waals surface area contributed by atoms with Crippen LogP contribution >= 0.6 is 24.0 Å². The average molecular weight is 434 g/mol. The van der Waals surface area contributed by atoms with Crippen LogP contribution in [0.2, 0.25) is 0 Å². The summed E-state index contributed by atoms with van der Waals surface area (Å²) in [5.41, 5.74) is 4.92. The Morgan fingerprint density at radius 3 is 2.53 bits per heavy atom. The molecule has 0 unspecified atom stereocenters. The summed E-state index contributed by atoms with van der Waals surface area (Å²) in [6.45, 7) is 4.85. The third kappa shape index (κ3) is 4.25. The van der Waals surface area contributed by atoms with Gasteiger partial charge in [-0.15, -0.1) is 0 Å². The lowest BCUT2D eigenvalue weighted by atomic mass is 10.1. The molecule has 0 bridgehead atoms. The van der Waals surface area contributed by atoms with E-state index in [4.69, 9.17) is 17.3 Å². The van der Waals surface area contributed by atoms with Crippen LogP contribution in [0, 0.1) is 6.92 Å². The van der Waals surface area contributed by atoms with Gasteiger partial charge in [0.1, 0.15) is 4.32 Å². The number of unbranched alkanes of at least 4 members (excludes halogenated alkanes) is 1. The van der Waals surface area contributed by atoms with E-state index in [0.717, 1.165) is 35.5 Å². The van der Waals surface area contributed by atoms with Crippen molar-refractivity contribution >= 4 is 40.3 Å². The molecule has 1 fully saturated rings. The molecule has 152 valence electrons. The highest BCUT2D eigenvalue weighted by Gasteiger charge is 2.31. The van der Waals surface area contributed by atoms with E-state index in [1.54, 1.807) is 4.90 Å². The molecule has 1 amide bonds. The topological polar surface area (TPSA) is 38.1 Å². The van der Waals surface area contributed by atoms with E-state index < -0.39 is 0 Å². The van der Waals surface area contributed by atoms with Gasteiger partial charge in [-0.3, -0.25) is 9.69 Å². The first kappa shape index (κ1) is 20.6. The molecular formula is C24H23N3OS2. The summed E-state index contributed by atoms with van der Waals surface area (Å²) in [6.07, 6.45) is 3.87. The number of benzene rings is 2. The first-order valence-electron chi connectivity index (χ1n) is 10.0. The highest BCUT2D eigenvalue weighted by atomic mass is 32.2.